The molecule has 0 saturated heterocycles. The number of aliphatic hydroxyl groups excluding tert-OH is 1. The van der Waals surface area contributed by atoms with E-state index < -0.39 is 6.10 Å². The number of hydrogen-bond acceptors (Lipinski definition) is 4. The first-order valence-electron chi connectivity index (χ1n) is 9.70. The number of aromatic nitrogens is 2. The Morgan fingerprint density at radius 3 is 2.43 bits per heavy atom. The molecule has 1 amide bonds. The van der Waals surface area contributed by atoms with Gasteiger partial charge >= 0.3 is 0 Å². The van der Waals surface area contributed by atoms with Gasteiger partial charge in [-0.25, -0.2) is 4.98 Å². The number of fused-ring (bicyclic) bond motifs is 1. The van der Waals surface area contributed by atoms with Crippen molar-refractivity contribution in [2.45, 2.75) is 46.4 Å². The van der Waals surface area contributed by atoms with Crippen molar-refractivity contribution >= 4 is 28.3 Å². The first-order valence-corrected chi connectivity index (χ1v) is 9.70. The molecule has 2 aromatic carbocycles. The number of anilines is 2. The molecule has 0 aliphatic carbocycles. The lowest BCUT2D eigenvalue weighted by Gasteiger charge is -2.27. The van der Waals surface area contributed by atoms with E-state index >= 15 is 0 Å². The van der Waals surface area contributed by atoms with Crippen LogP contribution in [0.15, 0.2) is 48.5 Å². The van der Waals surface area contributed by atoms with Crippen molar-refractivity contribution in [3.05, 3.63) is 54.4 Å². The Hall–Kier alpha value is -2.86. The predicted octanol–water partition coefficient (Wildman–Crippen LogP) is 3.96. The van der Waals surface area contributed by atoms with Gasteiger partial charge in [0.25, 0.3) is 0 Å². The Bertz CT molecular complexity index is 945. The van der Waals surface area contributed by atoms with Crippen molar-refractivity contribution in [3.63, 3.8) is 0 Å². The van der Waals surface area contributed by atoms with Crippen molar-refractivity contribution in [3.8, 4) is 0 Å². The van der Waals surface area contributed by atoms with E-state index in [4.69, 9.17) is 0 Å². The molecular formula is C22H28N4O2. The molecule has 0 aliphatic rings. The minimum absolute atomic E-state index is 0.0928. The second-order valence-corrected chi connectivity index (χ2v) is 7.20. The third kappa shape index (κ3) is 4.17. The molecule has 1 unspecified atom stereocenters. The average molecular weight is 380 g/mol. The monoisotopic (exact) mass is 380 g/mol. The first-order chi connectivity index (χ1) is 13.4. The van der Waals surface area contributed by atoms with Gasteiger partial charge in [0.05, 0.1) is 11.0 Å². The maximum absolute atomic E-state index is 12.6. The van der Waals surface area contributed by atoms with Gasteiger partial charge in [0, 0.05) is 24.0 Å². The highest BCUT2D eigenvalue weighted by Gasteiger charge is 2.17. The van der Waals surface area contributed by atoms with E-state index in [1.54, 1.807) is 11.5 Å². The van der Waals surface area contributed by atoms with Crippen LogP contribution in [-0.4, -0.2) is 33.2 Å². The van der Waals surface area contributed by atoms with Gasteiger partial charge in [-0.3, -0.25) is 4.79 Å². The molecule has 0 aliphatic heterocycles. The second kappa shape index (κ2) is 8.44. The number of para-hydroxylation sites is 2. The van der Waals surface area contributed by atoms with E-state index in [1.165, 1.54) is 0 Å². The van der Waals surface area contributed by atoms with E-state index in [0.29, 0.717) is 11.9 Å². The highest BCUT2D eigenvalue weighted by molar-refractivity contribution is 5.92. The maximum Gasteiger partial charge on any atom is 0.244 e. The van der Waals surface area contributed by atoms with Crippen LogP contribution in [0.2, 0.25) is 0 Å². The summed E-state index contributed by atoms with van der Waals surface area (Å²) in [5.74, 6) is 0.330. The van der Waals surface area contributed by atoms with Gasteiger partial charge in [0.2, 0.25) is 5.91 Å². The Morgan fingerprint density at radius 1 is 1.14 bits per heavy atom. The zero-order valence-electron chi connectivity index (χ0n) is 16.9. The lowest BCUT2D eigenvalue weighted by Crippen LogP contribution is -2.30. The van der Waals surface area contributed by atoms with Crippen LogP contribution in [0.4, 0.5) is 11.4 Å². The minimum atomic E-state index is -0.754. The van der Waals surface area contributed by atoms with Crippen LogP contribution in [-0.2, 0) is 11.3 Å². The number of benzene rings is 2. The molecule has 0 saturated carbocycles. The fourth-order valence-electron chi connectivity index (χ4n) is 3.51. The quantitative estimate of drug-likeness (QED) is 0.651. The molecule has 3 rings (SSSR count). The van der Waals surface area contributed by atoms with Crippen molar-refractivity contribution in [1.82, 2.24) is 9.55 Å². The summed E-state index contributed by atoms with van der Waals surface area (Å²) in [5, 5.41) is 13.0. The highest BCUT2D eigenvalue weighted by atomic mass is 16.3. The summed E-state index contributed by atoms with van der Waals surface area (Å²) < 4.78 is 1.77. The van der Waals surface area contributed by atoms with E-state index in [0.717, 1.165) is 29.0 Å². The van der Waals surface area contributed by atoms with Gasteiger partial charge < -0.3 is 19.9 Å². The number of carbonyl (C=O) groups is 1. The fourth-order valence-corrected chi connectivity index (χ4v) is 3.51. The van der Waals surface area contributed by atoms with Crippen LogP contribution in [0.1, 0.15) is 39.6 Å². The molecule has 6 heteroatoms. The number of hydrogen-bond donors (Lipinski definition) is 2. The average Bonchev–Trinajstić information content (AvgIpc) is 3.02. The van der Waals surface area contributed by atoms with Gasteiger partial charge in [-0.2, -0.15) is 0 Å². The molecule has 6 nitrogen and oxygen atoms in total. The molecule has 1 aromatic heterocycles. The normalized spacial score (nSPS) is 12.4. The maximum atomic E-state index is 12.6. The minimum Gasteiger partial charge on any atom is -0.385 e. The number of imidazole rings is 1. The molecule has 2 N–H and O–H groups in total. The topological polar surface area (TPSA) is 70.4 Å². The van der Waals surface area contributed by atoms with Crippen LogP contribution in [0.3, 0.4) is 0 Å². The summed E-state index contributed by atoms with van der Waals surface area (Å²) in [6, 6.07) is 15.9. The number of rotatable bonds is 7. The van der Waals surface area contributed by atoms with Crippen LogP contribution < -0.4 is 10.2 Å². The Morgan fingerprint density at radius 2 is 1.82 bits per heavy atom. The molecule has 148 valence electrons. The lowest BCUT2D eigenvalue weighted by molar-refractivity contribution is -0.116. The van der Waals surface area contributed by atoms with Gasteiger partial charge in [-0.15, -0.1) is 0 Å². The van der Waals surface area contributed by atoms with Crippen LogP contribution >= 0.6 is 0 Å². The van der Waals surface area contributed by atoms with Crippen LogP contribution in [0.5, 0.6) is 0 Å². The molecule has 0 radical (unpaired) electrons. The van der Waals surface area contributed by atoms with Crippen molar-refractivity contribution in [2.24, 2.45) is 0 Å². The summed E-state index contributed by atoms with van der Waals surface area (Å²) in [6.45, 7) is 9.13. The summed E-state index contributed by atoms with van der Waals surface area (Å²) >= 11 is 0. The first kappa shape index (κ1) is 19.9. The van der Waals surface area contributed by atoms with Crippen LogP contribution in [0.25, 0.3) is 11.0 Å². The summed E-state index contributed by atoms with van der Waals surface area (Å²) in [7, 11) is 0. The van der Waals surface area contributed by atoms with Crippen molar-refractivity contribution in [1.29, 1.82) is 0 Å². The number of aliphatic hydroxyl groups is 1. The SMILES string of the molecule is CCN(c1ccc(NC(=O)Cn2c(C(C)O)nc3ccccc32)cc1)C(C)C. The van der Waals surface area contributed by atoms with Gasteiger partial charge in [-0.1, -0.05) is 12.1 Å². The number of amides is 1. The van der Waals surface area contributed by atoms with E-state index in [9.17, 15) is 9.90 Å². The summed E-state index contributed by atoms with van der Waals surface area (Å²) in [4.78, 5) is 19.4. The predicted molar refractivity (Wildman–Crippen MR) is 114 cm³/mol. The summed E-state index contributed by atoms with van der Waals surface area (Å²) in [5.41, 5.74) is 3.48. The van der Waals surface area contributed by atoms with Gasteiger partial charge in [-0.05, 0) is 64.1 Å². The van der Waals surface area contributed by atoms with Crippen molar-refractivity contribution < 1.29 is 9.90 Å². The Labute approximate surface area is 165 Å². The highest BCUT2D eigenvalue weighted by Crippen LogP contribution is 2.22. The number of nitrogens with one attached hydrogen (secondary N) is 1. The molecule has 3 aromatic rings. The van der Waals surface area contributed by atoms with Gasteiger partial charge in [0.15, 0.2) is 0 Å². The Kier molecular flexibility index (Phi) is 5.99. The third-order valence-electron chi connectivity index (χ3n) is 4.81. The third-order valence-corrected chi connectivity index (χ3v) is 4.81. The molecule has 28 heavy (non-hydrogen) atoms. The molecule has 0 spiro atoms. The number of carbonyl (C=O) groups excluding carboxylic acids is 1. The van der Waals surface area contributed by atoms with Crippen molar-refractivity contribution in [2.75, 3.05) is 16.8 Å². The fraction of sp³-hybridized carbons (Fsp3) is 0.364. The van der Waals surface area contributed by atoms with E-state index in [2.05, 4.69) is 36.0 Å². The van der Waals surface area contributed by atoms with E-state index in [-0.39, 0.29) is 12.5 Å². The standard InChI is InChI=1S/C22H28N4O2/c1-5-25(15(2)3)18-12-10-17(11-13-18)23-21(28)14-26-20-9-7-6-8-19(20)24-22(26)16(4)27/h6-13,15-16,27H,5,14H2,1-4H3,(H,23,28). The Balaban J connectivity index is 1.76. The largest absolute Gasteiger partial charge is 0.385 e. The smallest absolute Gasteiger partial charge is 0.244 e. The second-order valence-electron chi connectivity index (χ2n) is 7.20. The molecule has 0 bridgehead atoms. The molecule has 0 fully saturated rings. The number of nitrogens with zero attached hydrogens (tertiary/aromatic N) is 3. The zero-order chi connectivity index (χ0) is 20.3. The molecular weight excluding hydrogens is 352 g/mol. The molecule has 1 heterocycles. The lowest BCUT2D eigenvalue weighted by atomic mass is 10.2. The molecule has 1 atom stereocenters. The zero-order valence-corrected chi connectivity index (χ0v) is 16.9. The summed E-state index contributed by atoms with van der Waals surface area (Å²) in [6.07, 6.45) is -0.754. The van der Waals surface area contributed by atoms with Gasteiger partial charge in [0.1, 0.15) is 18.5 Å². The van der Waals surface area contributed by atoms with Crippen LogP contribution in [0, 0.1) is 0 Å². The van der Waals surface area contributed by atoms with E-state index in [1.807, 2.05) is 48.5 Å².